The number of hydrogen-bond donors (Lipinski definition) is 0. The number of allylic oxidation sites excluding steroid dienone is 4. The van der Waals surface area contributed by atoms with Crippen LogP contribution < -0.4 is 17.0 Å². The molecule has 0 spiro atoms. The molecule has 0 N–H and O–H groups in total. The van der Waals surface area contributed by atoms with Gasteiger partial charge >= 0.3 is 0 Å². The van der Waals surface area contributed by atoms with E-state index in [0.29, 0.717) is 6.04 Å². The highest BCUT2D eigenvalue weighted by Crippen LogP contribution is 2.20. The molecule has 0 saturated carbocycles. The fraction of sp³-hybridized carbons (Fsp3) is 0.829. The van der Waals surface area contributed by atoms with Crippen LogP contribution in [0.25, 0.3) is 0 Å². The largest absolute Gasteiger partial charge is 1.00 e. The monoisotopic (exact) mass is 633 g/mol. The Balaban J connectivity index is 0.0000185. The molecule has 0 amide bonds. The van der Waals surface area contributed by atoms with E-state index in [-0.39, 0.29) is 12.4 Å². The van der Waals surface area contributed by atoms with E-state index in [1.54, 1.807) is 0 Å². The predicted octanol–water partition coefficient (Wildman–Crippen LogP) is 10.7. The second-order valence-electron chi connectivity index (χ2n) is 13.6. The lowest BCUT2D eigenvalue weighted by Gasteiger charge is -2.14. The number of unbranched alkanes of at least 4 members (excludes halogenated alkanes) is 24. The number of rotatable bonds is 33. The van der Waals surface area contributed by atoms with Crippen LogP contribution in [0.2, 0.25) is 0 Å². The topological polar surface area (TPSA) is 8.81 Å². The molecule has 3 heteroatoms. The van der Waals surface area contributed by atoms with E-state index in [9.17, 15) is 0 Å². The van der Waals surface area contributed by atoms with Crippen molar-refractivity contribution in [3.05, 3.63) is 43.0 Å². The molecule has 0 radical (unpaired) electrons. The van der Waals surface area contributed by atoms with Gasteiger partial charge in [0.15, 0.2) is 0 Å². The maximum atomic E-state index is 2.50. The van der Waals surface area contributed by atoms with Gasteiger partial charge in [-0.25, -0.2) is 9.13 Å². The molecule has 258 valence electrons. The average Bonchev–Trinajstić information content (AvgIpc) is 3.45. The Morgan fingerprint density at radius 1 is 0.477 bits per heavy atom. The van der Waals surface area contributed by atoms with Crippen molar-refractivity contribution < 1.29 is 17.0 Å². The molecule has 0 fully saturated rings. The van der Waals surface area contributed by atoms with Crippen LogP contribution in [0.5, 0.6) is 0 Å². The SMILES string of the molecule is CCCCCCCCC=CCCCCCCCCC(CCCCCCCCC=CCCCCCCCC)[n+]1ccn(C)c1.[Cl-]. The normalized spacial score (nSPS) is 12.4. The zero-order chi connectivity index (χ0) is 30.9. The van der Waals surface area contributed by atoms with Gasteiger partial charge < -0.3 is 12.4 Å². The molecule has 2 nitrogen and oxygen atoms in total. The minimum Gasteiger partial charge on any atom is -1.00 e. The first-order chi connectivity index (χ1) is 21.3. The smallest absolute Gasteiger partial charge is 0.243 e. The third-order valence-electron chi connectivity index (χ3n) is 9.31. The highest BCUT2D eigenvalue weighted by molar-refractivity contribution is 4.82. The van der Waals surface area contributed by atoms with Crippen molar-refractivity contribution in [1.82, 2.24) is 4.57 Å². The molecule has 1 aromatic heterocycles. The van der Waals surface area contributed by atoms with Crippen LogP contribution in [0.3, 0.4) is 0 Å². The molecular weight excluding hydrogens is 556 g/mol. The first-order valence-electron chi connectivity index (χ1n) is 19.6. The van der Waals surface area contributed by atoms with E-state index >= 15 is 0 Å². The van der Waals surface area contributed by atoms with Crippen LogP contribution >= 0.6 is 0 Å². The summed E-state index contributed by atoms with van der Waals surface area (Å²) in [5, 5.41) is 0. The Morgan fingerprint density at radius 3 is 1.11 bits per heavy atom. The Hall–Kier alpha value is -1.02. The third kappa shape index (κ3) is 28.5. The maximum Gasteiger partial charge on any atom is 0.243 e. The van der Waals surface area contributed by atoms with Gasteiger partial charge in [0.25, 0.3) is 0 Å². The molecule has 1 rings (SSSR count). The summed E-state index contributed by atoms with van der Waals surface area (Å²) in [5.41, 5.74) is 0. The van der Waals surface area contributed by atoms with E-state index in [4.69, 9.17) is 0 Å². The van der Waals surface area contributed by atoms with Gasteiger partial charge in [-0.3, -0.25) is 0 Å². The zero-order valence-electron chi connectivity index (χ0n) is 30.1. The van der Waals surface area contributed by atoms with E-state index in [1.165, 1.54) is 193 Å². The van der Waals surface area contributed by atoms with E-state index in [0.717, 1.165) is 0 Å². The van der Waals surface area contributed by atoms with Gasteiger partial charge in [0, 0.05) is 0 Å². The molecule has 1 aromatic rings. The minimum atomic E-state index is 0. The van der Waals surface area contributed by atoms with E-state index < -0.39 is 0 Å². The summed E-state index contributed by atoms with van der Waals surface area (Å²) in [4.78, 5) is 0. The fourth-order valence-corrected chi connectivity index (χ4v) is 6.38. The van der Waals surface area contributed by atoms with Crippen molar-refractivity contribution in [3.8, 4) is 0 Å². The summed E-state index contributed by atoms with van der Waals surface area (Å²) in [6.45, 7) is 4.59. The van der Waals surface area contributed by atoms with Gasteiger partial charge in [-0.2, -0.15) is 0 Å². The van der Waals surface area contributed by atoms with Crippen molar-refractivity contribution in [2.24, 2.45) is 7.05 Å². The van der Waals surface area contributed by atoms with Crippen LogP contribution in [0.1, 0.15) is 213 Å². The summed E-state index contributed by atoms with van der Waals surface area (Å²) in [6.07, 6.45) is 58.2. The van der Waals surface area contributed by atoms with Crippen LogP contribution in [-0.2, 0) is 7.05 Å². The standard InChI is InChI=1S/C41H77N2.ClH/c1-4-6-8-10-12-14-16-18-20-22-24-26-28-30-32-34-36-41(43-39-38-42(3)40-43)37-35-33-31-29-27-25-23-21-19-17-15-13-11-9-7-5-2;/h18-21,38-41H,4-17,22-37H2,1-3H3;1H/q+1;/p-1. The van der Waals surface area contributed by atoms with E-state index in [1.807, 2.05) is 0 Å². The summed E-state index contributed by atoms with van der Waals surface area (Å²) in [7, 11) is 2.15. The lowest BCUT2D eigenvalue weighted by atomic mass is 9.99. The lowest BCUT2D eigenvalue weighted by Crippen LogP contribution is -3.00. The number of nitrogens with zero attached hydrogens (tertiary/aromatic N) is 2. The molecule has 0 aromatic carbocycles. The van der Waals surface area contributed by atoms with Crippen LogP contribution in [0.4, 0.5) is 0 Å². The van der Waals surface area contributed by atoms with Gasteiger partial charge in [-0.05, 0) is 77.0 Å². The van der Waals surface area contributed by atoms with Crippen LogP contribution in [-0.4, -0.2) is 4.57 Å². The molecule has 1 heterocycles. The Kier molecular flexibility index (Phi) is 34.0. The van der Waals surface area contributed by atoms with Crippen molar-refractivity contribution in [2.75, 3.05) is 0 Å². The van der Waals surface area contributed by atoms with Crippen molar-refractivity contribution in [1.29, 1.82) is 0 Å². The lowest BCUT2D eigenvalue weighted by molar-refractivity contribution is -0.724. The fourth-order valence-electron chi connectivity index (χ4n) is 6.38. The predicted molar refractivity (Wildman–Crippen MR) is 193 cm³/mol. The summed E-state index contributed by atoms with van der Waals surface area (Å²) < 4.78 is 4.70. The number of halogens is 1. The van der Waals surface area contributed by atoms with E-state index in [2.05, 4.69) is 73.1 Å². The highest BCUT2D eigenvalue weighted by Gasteiger charge is 2.15. The Morgan fingerprint density at radius 2 is 0.795 bits per heavy atom. The van der Waals surface area contributed by atoms with Gasteiger partial charge in [0.1, 0.15) is 18.4 Å². The van der Waals surface area contributed by atoms with Gasteiger partial charge in [-0.15, -0.1) is 0 Å². The summed E-state index contributed by atoms with van der Waals surface area (Å²) in [5.74, 6) is 0. The molecular formula is C41H77ClN2. The van der Waals surface area contributed by atoms with Crippen molar-refractivity contribution in [3.63, 3.8) is 0 Å². The van der Waals surface area contributed by atoms with Crippen molar-refractivity contribution >= 4 is 0 Å². The maximum absolute atomic E-state index is 2.50. The Labute approximate surface area is 283 Å². The molecule has 44 heavy (non-hydrogen) atoms. The Bertz CT molecular complexity index is 695. The second kappa shape index (κ2) is 34.8. The molecule has 0 saturated heterocycles. The molecule has 0 aliphatic heterocycles. The number of hydrogen-bond acceptors (Lipinski definition) is 0. The highest BCUT2D eigenvalue weighted by atomic mass is 35.5. The van der Waals surface area contributed by atoms with Gasteiger partial charge in [0.2, 0.25) is 6.33 Å². The van der Waals surface area contributed by atoms with Crippen LogP contribution in [0.15, 0.2) is 43.0 Å². The number of aryl methyl sites for hydroxylation is 1. The molecule has 0 atom stereocenters. The van der Waals surface area contributed by atoms with Crippen molar-refractivity contribution in [2.45, 2.75) is 213 Å². The molecule has 0 aliphatic carbocycles. The number of aromatic nitrogens is 2. The number of imidazole rings is 1. The molecule has 0 aliphatic rings. The van der Waals surface area contributed by atoms with Gasteiger partial charge in [0.05, 0.1) is 7.05 Å². The average molecular weight is 634 g/mol. The first kappa shape index (κ1) is 43.0. The van der Waals surface area contributed by atoms with Gasteiger partial charge in [-0.1, -0.05) is 154 Å². The minimum absolute atomic E-state index is 0. The second-order valence-corrected chi connectivity index (χ2v) is 13.6. The zero-order valence-corrected chi connectivity index (χ0v) is 30.9. The quantitative estimate of drug-likeness (QED) is 0.0414. The summed E-state index contributed by atoms with van der Waals surface area (Å²) in [6, 6.07) is 0.690. The first-order valence-corrected chi connectivity index (χ1v) is 19.6. The molecule has 0 unspecified atom stereocenters. The third-order valence-corrected chi connectivity index (χ3v) is 9.31. The molecule has 0 bridgehead atoms. The van der Waals surface area contributed by atoms with Crippen LogP contribution in [0, 0.1) is 0 Å². The summed E-state index contributed by atoms with van der Waals surface area (Å²) >= 11 is 0.